The molecule has 0 aromatic rings. The third-order valence-corrected chi connectivity index (χ3v) is 3.72. The van der Waals surface area contributed by atoms with Crippen LogP contribution in [0.5, 0.6) is 0 Å². The molecule has 0 aromatic heterocycles. The number of nitrogens with zero attached hydrogens (tertiary/aromatic N) is 1. The number of rotatable bonds is 3. The van der Waals surface area contributed by atoms with Crippen LogP contribution < -0.4 is 5.32 Å². The molecular weight excluding hydrogens is 172 g/mol. The molecule has 2 aliphatic carbocycles. The molecule has 1 aliphatic heterocycles. The van der Waals surface area contributed by atoms with Crippen molar-refractivity contribution in [1.82, 2.24) is 5.32 Å². The Balaban J connectivity index is 1.59. The van der Waals surface area contributed by atoms with Gasteiger partial charge in [-0.15, -0.1) is 0 Å². The molecule has 2 heteroatoms. The van der Waals surface area contributed by atoms with Gasteiger partial charge in [0.1, 0.15) is 0 Å². The summed E-state index contributed by atoms with van der Waals surface area (Å²) in [6, 6.07) is 0.798. The van der Waals surface area contributed by atoms with E-state index in [-0.39, 0.29) is 0 Å². The van der Waals surface area contributed by atoms with E-state index in [1.54, 1.807) is 0 Å². The summed E-state index contributed by atoms with van der Waals surface area (Å²) in [5.74, 6) is 3.30. The van der Waals surface area contributed by atoms with Crippen molar-refractivity contribution in [2.75, 3.05) is 6.54 Å². The van der Waals surface area contributed by atoms with Crippen LogP contribution in [-0.4, -0.2) is 18.4 Å². The second-order valence-corrected chi connectivity index (χ2v) is 5.13. The molecule has 0 unspecified atom stereocenters. The molecular formula is C12H20N2. The molecule has 1 heterocycles. The first-order valence-corrected chi connectivity index (χ1v) is 6.23. The Labute approximate surface area is 86.2 Å². The molecule has 0 aromatic carbocycles. The van der Waals surface area contributed by atoms with Crippen LogP contribution >= 0.6 is 0 Å². The normalized spacial score (nSPS) is 27.6. The fourth-order valence-electron chi connectivity index (χ4n) is 2.54. The van der Waals surface area contributed by atoms with Gasteiger partial charge in [-0.3, -0.25) is 4.99 Å². The average Bonchev–Trinajstić information content (AvgIpc) is 3.08. The number of hydrogen-bond donors (Lipinski definition) is 1. The van der Waals surface area contributed by atoms with Crippen molar-refractivity contribution in [2.24, 2.45) is 16.8 Å². The Hall–Kier alpha value is -0.530. The minimum atomic E-state index is 0.798. The maximum atomic E-state index is 4.60. The molecule has 0 bridgehead atoms. The van der Waals surface area contributed by atoms with Gasteiger partial charge in [0, 0.05) is 19.0 Å². The third kappa shape index (κ3) is 1.94. The number of amidine groups is 1. The molecule has 0 radical (unpaired) electrons. The molecule has 2 fully saturated rings. The van der Waals surface area contributed by atoms with Crippen LogP contribution in [0.3, 0.4) is 0 Å². The maximum absolute atomic E-state index is 4.60. The predicted octanol–water partition coefficient (Wildman–Crippen LogP) is 2.35. The fourth-order valence-corrected chi connectivity index (χ4v) is 2.54. The summed E-state index contributed by atoms with van der Waals surface area (Å²) < 4.78 is 0. The molecule has 2 saturated carbocycles. The van der Waals surface area contributed by atoms with Gasteiger partial charge in [-0.1, -0.05) is 0 Å². The lowest BCUT2D eigenvalue weighted by molar-refractivity contribution is 0.474. The van der Waals surface area contributed by atoms with E-state index in [0.29, 0.717) is 0 Å². The molecule has 2 nitrogen and oxygen atoms in total. The lowest BCUT2D eigenvalue weighted by Gasteiger charge is -2.22. The van der Waals surface area contributed by atoms with Crippen LogP contribution in [0.2, 0.25) is 0 Å². The summed E-state index contributed by atoms with van der Waals surface area (Å²) in [5.41, 5.74) is 0. The molecule has 3 rings (SSSR count). The van der Waals surface area contributed by atoms with E-state index < -0.39 is 0 Å². The first-order chi connectivity index (χ1) is 6.93. The van der Waals surface area contributed by atoms with Crippen LogP contribution in [0, 0.1) is 11.8 Å². The molecule has 0 atom stereocenters. The second kappa shape index (κ2) is 3.56. The SMILES string of the molecule is C1CCC(NC(C2CC2)C2CC2)=NC1. The molecule has 78 valence electrons. The summed E-state index contributed by atoms with van der Waals surface area (Å²) >= 11 is 0. The summed E-state index contributed by atoms with van der Waals surface area (Å²) in [5, 5.41) is 3.73. The predicted molar refractivity (Wildman–Crippen MR) is 58.5 cm³/mol. The van der Waals surface area contributed by atoms with Crippen LogP contribution in [0.1, 0.15) is 44.9 Å². The molecule has 14 heavy (non-hydrogen) atoms. The Morgan fingerprint density at radius 1 is 1.07 bits per heavy atom. The van der Waals surface area contributed by atoms with Crippen molar-refractivity contribution in [3.8, 4) is 0 Å². The minimum Gasteiger partial charge on any atom is -0.371 e. The van der Waals surface area contributed by atoms with Gasteiger partial charge in [0.15, 0.2) is 0 Å². The fraction of sp³-hybridized carbons (Fsp3) is 0.917. The zero-order chi connectivity index (χ0) is 9.38. The molecule has 0 saturated heterocycles. The molecule has 1 N–H and O–H groups in total. The van der Waals surface area contributed by atoms with Crippen molar-refractivity contribution in [3.63, 3.8) is 0 Å². The number of nitrogens with one attached hydrogen (secondary N) is 1. The van der Waals surface area contributed by atoms with Crippen molar-refractivity contribution in [1.29, 1.82) is 0 Å². The van der Waals surface area contributed by atoms with Gasteiger partial charge in [-0.25, -0.2) is 0 Å². The van der Waals surface area contributed by atoms with Gasteiger partial charge in [0.05, 0.1) is 5.84 Å². The van der Waals surface area contributed by atoms with E-state index in [4.69, 9.17) is 0 Å². The highest BCUT2D eigenvalue weighted by molar-refractivity contribution is 5.83. The molecule has 0 spiro atoms. The van der Waals surface area contributed by atoms with Gasteiger partial charge >= 0.3 is 0 Å². The first kappa shape index (κ1) is 8.75. The monoisotopic (exact) mass is 192 g/mol. The molecule has 0 amide bonds. The highest BCUT2D eigenvalue weighted by Crippen LogP contribution is 2.44. The standard InChI is InChI=1S/C12H20N2/c1-2-8-13-11(3-1)14-12(9-4-5-9)10-6-7-10/h9-10,12H,1-8H2,(H,13,14). The summed E-state index contributed by atoms with van der Waals surface area (Å²) in [4.78, 5) is 4.60. The van der Waals surface area contributed by atoms with E-state index in [1.165, 1.54) is 50.8 Å². The second-order valence-electron chi connectivity index (χ2n) is 5.13. The van der Waals surface area contributed by atoms with Gasteiger partial charge in [0.25, 0.3) is 0 Å². The number of aliphatic imine (C=N–C) groups is 1. The molecule has 3 aliphatic rings. The van der Waals surface area contributed by atoms with Crippen molar-refractivity contribution >= 4 is 5.84 Å². The van der Waals surface area contributed by atoms with Crippen LogP contribution in [0.25, 0.3) is 0 Å². The Morgan fingerprint density at radius 3 is 2.29 bits per heavy atom. The van der Waals surface area contributed by atoms with Crippen molar-refractivity contribution in [2.45, 2.75) is 51.0 Å². The van der Waals surface area contributed by atoms with Crippen LogP contribution in [0.15, 0.2) is 4.99 Å². The highest BCUT2D eigenvalue weighted by Gasteiger charge is 2.41. The Morgan fingerprint density at radius 2 is 1.79 bits per heavy atom. The zero-order valence-electron chi connectivity index (χ0n) is 8.84. The van der Waals surface area contributed by atoms with E-state index in [0.717, 1.165) is 24.4 Å². The smallest absolute Gasteiger partial charge is 0.0965 e. The minimum absolute atomic E-state index is 0.798. The van der Waals surface area contributed by atoms with Gasteiger partial charge in [-0.05, 0) is 50.4 Å². The first-order valence-electron chi connectivity index (χ1n) is 6.23. The summed E-state index contributed by atoms with van der Waals surface area (Å²) in [6.07, 6.45) is 9.68. The third-order valence-electron chi connectivity index (χ3n) is 3.72. The largest absolute Gasteiger partial charge is 0.371 e. The van der Waals surface area contributed by atoms with E-state index in [1.807, 2.05) is 0 Å². The Kier molecular flexibility index (Phi) is 2.22. The van der Waals surface area contributed by atoms with Gasteiger partial charge < -0.3 is 5.32 Å². The lowest BCUT2D eigenvalue weighted by atomic mass is 10.1. The van der Waals surface area contributed by atoms with Gasteiger partial charge in [0.2, 0.25) is 0 Å². The quantitative estimate of drug-likeness (QED) is 0.729. The summed E-state index contributed by atoms with van der Waals surface area (Å²) in [6.45, 7) is 1.06. The highest BCUT2D eigenvalue weighted by atomic mass is 15.0. The lowest BCUT2D eigenvalue weighted by Crippen LogP contribution is -2.39. The van der Waals surface area contributed by atoms with Crippen LogP contribution in [0.4, 0.5) is 0 Å². The summed E-state index contributed by atoms with van der Waals surface area (Å²) in [7, 11) is 0. The zero-order valence-corrected chi connectivity index (χ0v) is 8.84. The van der Waals surface area contributed by atoms with E-state index in [9.17, 15) is 0 Å². The van der Waals surface area contributed by atoms with Crippen molar-refractivity contribution < 1.29 is 0 Å². The van der Waals surface area contributed by atoms with E-state index in [2.05, 4.69) is 10.3 Å². The van der Waals surface area contributed by atoms with Gasteiger partial charge in [-0.2, -0.15) is 0 Å². The average molecular weight is 192 g/mol. The van der Waals surface area contributed by atoms with Crippen molar-refractivity contribution in [3.05, 3.63) is 0 Å². The maximum Gasteiger partial charge on any atom is 0.0965 e. The topological polar surface area (TPSA) is 24.4 Å². The Bertz CT molecular complexity index is 227. The number of hydrogen-bond acceptors (Lipinski definition) is 2. The van der Waals surface area contributed by atoms with Crippen LogP contribution in [-0.2, 0) is 0 Å². The van der Waals surface area contributed by atoms with E-state index >= 15 is 0 Å².